The molecule has 116 valence electrons. The number of nitrogens with zero attached hydrogens (tertiary/aromatic N) is 1. The SMILES string of the molecule is CCc1ccc(C(=O)O)cc1S(=O)(=O)N(C)CC1CC1C. The first-order valence-electron chi connectivity index (χ1n) is 7.10. The molecule has 2 unspecified atom stereocenters. The van der Waals surface area contributed by atoms with Gasteiger partial charge in [0.15, 0.2) is 0 Å². The molecule has 5 nitrogen and oxygen atoms in total. The van der Waals surface area contributed by atoms with Crippen molar-refractivity contribution in [2.75, 3.05) is 13.6 Å². The highest BCUT2D eigenvalue weighted by molar-refractivity contribution is 7.89. The van der Waals surface area contributed by atoms with Crippen LogP contribution < -0.4 is 0 Å². The Morgan fingerprint density at radius 2 is 2.05 bits per heavy atom. The monoisotopic (exact) mass is 311 g/mol. The first kappa shape index (κ1) is 16.0. The molecular formula is C15H21NO4S. The molecule has 0 aromatic heterocycles. The summed E-state index contributed by atoms with van der Waals surface area (Å²) in [6.07, 6.45) is 1.60. The zero-order valence-electron chi connectivity index (χ0n) is 12.5. The number of carbonyl (C=O) groups is 1. The van der Waals surface area contributed by atoms with E-state index in [0.29, 0.717) is 30.4 Å². The van der Waals surface area contributed by atoms with Crippen molar-refractivity contribution < 1.29 is 18.3 Å². The summed E-state index contributed by atoms with van der Waals surface area (Å²) in [7, 11) is -2.08. The van der Waals surface area contributed by atoms with Gasteiger partial charge in [0.2, 0.25) is 10.0 Å². The number of sulfonamides is 1. The molecule has 0 bridgehead atoms. The van der Waals surface area contributed by atoms with E-state index in [9.17, 15) is 13.2 Å². The lowest BCUT2D eigenvalue weighted by Crippen LogP contribution is -2.30. The Morgan fingerprint density at radius 1 is 1.43 bits per heavy atom. The predicted molar refractivity (Wildman–Crippen MR) is 79.9 cm³/mol. The molecule has 1 aromatic rings. The number of carboxylic acid groups (broad SMARTS) is 1. The van der Waals surface area contributed by atoms with Crippen molar-refractivity contribution in [1.82, 2.24) is 4.31 Å². The van der Waals surface area contributed by atoms with Crippen LogP contribution in [0.5, 0.6) is 0 Å². The molecule has 1 aromatic carbocycles. The van der Waals surface area contributed by atoms with Crippen molar-refractivity contribution in [3.8, 4) is 0 Å². The Morgan fingerprint density at radius 3 is 2.52 bits per heavy atom. The normalized spacial score (nSPS) is 21.5. The van der Waals surface area contributed by atoms with Crippen LogP contribution in [0.4, 0.5) is 0 Å². The van der Waals surface area contributed by atoms with Crippen LogP contribution in [0.25, 0.3) is 0 Å². The van der Waals surface area contributed by atoms with Gasteiger partial charge in [-0.2, -0.15) is 0 Å². The minimum absolute atomic E-state index is 0.000958. The zero-order chi connectivity index (χ0) is 15.8. The van der Waals surface area contributed by atoms with E-state index in [2.05, 4.69) is 6.92 Å². The van der Waals surface area contributed by atoms with Crippen molar-refractivity contribution in [3.05, 3.63) is 29.3 Å². The van der Waals surface area contributed by atoms with E-state index in [1.807, 2.05) is 6.92 Å². The lowest BCUT2D eigenvalue weighted by molar-refractivity contribution is 0.0696. The van der Waals surface area contributed by atoms with E-state index in [1.54, 1.807) is 13.1 Å². The zero-order valence-corrected chi connectivity index (χ0v) is 13.4. The molecule has 2 atom stereocenters. The molecule has 1 aliphatic carbocycles. The summed E-state index contributed by atoms with van der Waals surface area (Å²) in [5.74, 6) is -0.135. The standard InChI is InChI=1S/C15H21NO4S/c1-4-11-5-6-12(15(17)18)8-14(11)21(19,20)16(3)9-13-7-10(13)2/h5-6,8,10,13H,4,7,9H2,1-3H3,(H,17,18). The second-order valence-electron chi connectivity index (χ2n) is 5.74. The molecule has 0 saturated heterocycles. The fourth-order valence-corrected chi connectivity index (χ4v) is 4.01. The highest BCUT2D eigenvalue weighted by atomic mass is 32.2. The number of hydrogen-bond acceptors (Lipinski definition) is 3. The van der Waals surface area contributed by atoms with E-state index < -0.39 is 16.0 Å². The van der Waals surface area contributed by atoms with E-state index in [0.717, 1.165) is 6.42 Å². The molecule has 0 amide bonds. The van der Waals surface area contributed by atoms with Gasteiger partial charge in [0.05, 0.1) is 10.5 Å². The molecule has 0 spiro atoms. The van der Waals surface area contributed by atoms with Crippen LogP contribution in [-0.4, -0.2) is 37.4 Å². The highest BCUT2D eigenvalue weighted by Crippen LogP contribution is 2.39. The molecular weight excluding hydrogens is 290 g/mol. The van der Waals surface area contributed by atoms with Gasteiger partial charge in [-0.1, -0.05) is 19.9 Å². The number of carboxylic acids is 1. The molecule has 1 aliphatic rings. The number of aryl methyl sites for hydroxylation is 1. The summed E-state index contributed by atoms with van der Waals surface area (Å²) >= 11 is 0. The Kier molecular flexibility index (Phi) is 4.39. The maximum Gasteiger partial charge on any atom is 0.335 e. The third-order valence-corrected chi connectivity index (χ3v) is 6.06. The van der Waals surface area contributed by atoms with E-state index in [-0.39, 0.29) is 10.5 Å². The maximum atomic E-state index is 12.7. The van der Waals surface area contributed by atoms with E-state index in [1.165, 1.54) is 16.4 Å². The molecule has 1 N–H and O–H groups in total. The van der Waals surface area contributed by atoms with Gasteiger partial charge in [0.1, 0.15) is 0 Å². The second kappa shape index (κ2) is 5.77. The fraction of sp³-hybridized carbons (Fsp3) is 0.533. The van der Waals surface area contributed by atoms with Gasteiger partial charge in [-0.05, 0) is 42.4 Å². The van der Waals surface area contributed by atoms with Gasteiger partial charge in [-0.3, -0.25) is 0 Å². The third kappa shape index (κ3) is 3.27. The largest absolute Gasteiger partial charge is 0.478 e. The lowest BCUT2D eigenvalue weighted by Gasteiger charge is -2.19. The molecule has 21 heavy (non-hydrogen) atoms. The summed E-state index contributed by atoms with van der Waals surface area (Å²) in [5.41, 5.74) is 0.648. The van der Waals surface area contributed by atoms with Gasteiger partial charge in [0.25, 0.3) is 0 Å². The topological polar surface area (TPSA) is 74.7 Å². The van der Waals surface area contributed by atoms with E-state index >= 15 is 0 Å². The predicted octanol–water partition coefficient (Wildman–Crippen LogP) is 2.22. The van der Waals surface area contributed by atoms with Gasteiger partial charge in [0, 0.05) is 13.6 Å². The van der Waals surface area contributed by atoms with E-state index in [4.69, 9.17) is 5.11 Å². The van der Waals surface area contributed by atoms with Crippen molar-refractivity contribution in [2.45, 2.75) is 31.6 Å². The number of benzene rings is 1. The van der Waals surface area contributed by atoms with Crippen LogP contribution in [0.2, 0.25) is 0 Å². The van der Waals surface area contributed by atoms with Gasteiger partial charge in [-0.25, -0.2) is 17.5 Å². The molecule has 2 rings (SSSR count). The Hall–Kier alpha value is -1.40. The summed E-state index contributed by atoms with van der Waals surface area (Å²) in [5, 5.41) is 9.06. The summed E-state index contributed by atoms with van der Waals surface area (Å²) < 4.78 is 26.7. The lowest BCUT2D eigenvalue weighted by atomic mass is 10.1. The second-order valence-corrected chi connectivity index (χ2v) is 7.75. The van der Waals surface area contributed by atoms with Crippen molar-refractivity contribution in [2.24, 2.45) is 11.8 Å². The number of aromatic carboxylic acids is 1. The molecule has 0 radical (unpaired) electrons. The number of hydrogen-bond donors (Lipinski definition) is 1. The third-order valence-electron chi connectivity index (χ3n) is 4.15. The summed E-state index contributed by atoms with van der Waals surface area (Å²) in [6, 6.07) is 4.30. The minimum atomic E-state index is -3.65. The molecule has 0 heterocycles. The molecule has 6 heteroatoms. The molecule has 0 aliphatic heterocycles. The van der Waals surface area contributed by atoms with Gasteiger partial charge >= 0.3 is 5.97 Å². The number of rotatable bonds is 6. The van der Waals surface area contributed by atoms with Crippen molar-refractivity contribution in [1.29, 1.82) is 0 Å². The fourth-order valence-electron chi connectivity index (χ4n) is 2.47. The van der Waals surface area contributed by atoms with Crippen LogP contribution in [0.3, 0.4) is 0 Å². The summed E-state index contributed by atoms with van der Waals surface area (Å²) in [4.78, 5) is 11.2. The van der Waals surface area contributed by atoms with Crippen molar-refractivity contribution >= 4 is 16.0 Å². The average molecular weight is 311 g/mol. The van der Waals surface area contributed by atoms with Crippen LogP contribution in [0, 0.1) is 11.8 Å². The maximum absolute atomic E-state index is 12.7. The Balaban J connectivity index is 2.37. The van der Waals surface area contributed by atoms with Gasteiger partial charge in [-0.15, -0.1) is 0 Å². The van der Waals surface area contributed by atoms with Crippen molar-refractivity contribution in [3.63, 3.8) is 0 Å². The molecule has 1 fully saturated rings. The summed E-state index contributed by atoms with van der Waals surface area (Å²) in [6.45, 7) is 4.45. The highest BCUT2D eigenvalue weighted by Gasteiger charge is 2.36. The first-order valence-corrected chi connectivity index (χ1v) is 8.54. The Labute approximate surface area is 125 Å². The van der Waals surface area contributed by atoms with Crippen LogP contribution in [0.15, 0.2) is 23.1 Å². The quantitative estimate of drug-likeness (QED) is 0.874. The van der Waals surface area contributed by atoms with Crippen LogP contribution in [0.1, 0.15) is 36.2 Å². The van der Waals surface area contributed by atoms with Crippen LogP contribution >= 0.6 is 0 Å². The molecule has 1 saturated carbocycles. The minimum Gasteiger partial charge on any atom is -0.478 e. The van der Waals surface area contributed by atoms with Gasteiger partial charge < -0.3 is 5.11 Å². The first-order chi connectivity index (χ1) is 9.77. The average Bonchev–Trinajstić information content (AvgIpc) is 3.13. The Bertz CT molecular complexity index is 654. The smallest absolute Gasteiger partial charge is 0.335 e. The van der Waals surface area contributed by atoms with Crippen LogP contribution in [-0.2, 0) is 16.4 Å².